The van der Waals surface area contributed by atoms with E-state index in [1.54, 1.807) is 0 Å². The van der Waals surface area contributed by atoms with Gasteiger partial charge in [0.05, 0.1) is 11.1 Å². The molecule has 2 aromatic carbocycles. The number of piperazine rings is 1. The number of benzene rings is 2. The Balaban J connectivity index is 1.31. The van der Waals surface area contributed by atoms with Gasteiger partial charge in [-0.15, -0.1) is 6.42 Å². The zero-order chi connectivity index (χ0) is 34.9. The monoisotopic (exact) mass is 689 g/mol. The summed E-state index contributed by atoms with van der Waals surface area (Å²) in [6, 6.07) is 5.39. The molecule has 0 radical (unpaired) electrons. The molecule has 4 aliphatic rings. The van der Waals surface area contributed by atoms with Crippen LogP contribution in [0.2, 0.25) is 0 Å². The van der Waals surface area contributed by atoms with Crippen molar-refractivity contribution in [1.82, 2.24) is 30.1 Å². The average Bonchev–Trinajstić information content (AvgIpc) is 3.74. The van der Waals surface area contributed by atoms with Crippen molar-refractivity contribution in [3.8, 4) is 35.4 Å². The minimum Gasteiger partial charge on any atom is -0.461 e. The lowest BCUT2D eigenvalue weighted by molar-refractivity contribution is 0.107. The SMILES string of the molecule is C#Cc1c(F)ccc2cc(OC(=O)N(C)C)cc(-c3nc(F)c4c(N5CC6CCC(C5)N6)nc(OC[C@@]56CCCN5C[C@H](F)C6)nc4c3F)c12. The third kappa shape index (κ3) is 5.43. The van der Waals surface area contributed by atoms with Crippen LogP contribution in [0.1, 0.15) is 37.7 Å². The molecule has 2 unspecified atom stereocenters. The van der Waals surface area contributed by atoms with E-state index < -0.39 is 46.6 Å². The van der Waals surface area contributed by atoms with Gasteiger partial charge in [0, 0.05) is 63.2 Å². The van der Waals surface area contributed by atoms with Crippen LogP contribution in [0.3, 0.4) is 0 Å². The summed E-state index contributed by atoms with van der Waals surface area (Å²) in [5, 5.41) is 3.69. The second kappa shape index (κ2) is 12.2. The van der Waals surface area contributed by atoms with Crippen LogP contribution in [0.5, 0.6) is 11.8 Å². The topological polar surface area (TPSA) is 96.0 Å². The molecule has 50 heavy (non-hydrogen) atoms. The van der Waals surface area contributed by atoms with E-state index in [9.17, 15) is 9.18 Å². The largest absolute Gasteiger partial charge is 0.461 e. The average molecular weight is 690 g/mol. The van der Waals surface area contributed by atoms with Crippen LogP contribution in [0.25, 0.3) is 32.9 Å². The second-order valence-corrected chi connectivity index (χ2v) is 13.9. The highest BCUT2D eigenvalue weighted by molar-refractivity contribution is 6.03. The van der Waals surface area contributed by atoms with Gasteiger partial charge >= 0.3 is 12.1 Å². The summed E-state index contributed by atoms with van der Waals surface area (Å²) in [4.78, 5) is 30.8. The number of rotatable bonds is 6. The number of nitrogens with one attached hydrogen (secondary N) is 1. The maximum atomic E-state index is 17.1. The molecule has 1 amide bonds. The molecule has 0 saturated carbocycles. The number of anilines is 1. The first-order chi connectivity index (χ1) is 24.0. The molecule has 0 aliphatic carbocycles. The number of alkyl halides is 1. The quantitative estimate of drug-likeness (QED) is 0.167. The van der Waals surface area contributed by atoms with Gasteiger partial charge in [0.25, 0.3) is 0 Å². The fraction of sp³-hybridized carbons (Fsp3) is 0.444. The van der Waals surface area contributed by atoms with Crippen LogP contribution < -0.4 is 19.7 Å². The van der Waals surface area contributed by atoms with E-state index in [4.69, 9.17) is 15.9 Å². The Morgan fingerprint density at radius 2 is 1.88 bits per heavy atom. The van der Waals surface area contributed by atoms with E-state index in [0.717, 1.165) is 38.3 Å². The number of terminal acetylenes is 1. The van der Waals surface area contributed by atoms with E-state index in [-0.39, 0.29) is 58.2 Å². The normalized spacial score (nSPS) is 24.5. The number of halogens is 4. The molecule has 10 nitrogen and oxygen atoms in total. The van der Waals surface area contributed by atoms with E-state index >= 15 is 13.2 Å². The Hall–Kier alpha value is -4.74. The van der Waals surface area contributed by atoms with Gasteiger partial charge in [-0.2, -0.15) is 14.4 Å². The molecule has 6 heterocycles. The van der Waals surface area contributed by atoms with E-state index in [1.807, 2.05) is 4.90 Å². The third-order valence-electron chi connectivity index (χ3n) is 10.5. The zero-order valence-corrected chi connectivity index (χ0v) is 27.6. The number of pyridine rings is 1. The van der Waals surface area contributed by atoms with Crippen molar-refractivity contribution in [3.05, 3.63) is 47.4 Å². The number of fused-ring (bicyclic) bond motifs is 5. The van der Waals surface area contributed by atoms with Crippen molar-refractivity contribution in [3.63, 3.8) is 0 Å². The minimum atomic E-state index is -1.05. The molecule has 8 rings (SSSR count). The van der Waals surface area contributed by atoms with Gasteiger partial charge in [0.15, 0.2) is 5.82 Å². The van der Waals surface area contributed by atoms with Crippen molar-refractivity contribution in [2.24, 2.45) is 0 Å². The number of ether oxygens (including phenoxy) is 2. The minimum absolute atomic E-state index is 0.0192. The van der Waals surface area contributed by atoms with Gasteiger partial charge in [-0.05, 0) is 55.8 Å². The Kier molecular flexibility index (Phi) is 7.95. The number of carbonyl (C=O) groups is 1. The second-order valence-electron chi connectivity index (χ2n) is 13.9. The van der Waals surface area contributed by atoms with Crippen molar-refractivity contribution in [2.75, 3.05) is 51.8 Å². The van der Waals surface area contributed by atoms with Crippen LogP contribution >= 0.6 is 0 Å². The highest BCUT2D eigenvalue weighted by atomic mass is 19.1. The Morgan fingerprint density at radius 1 is 1.10 bits per heavy atom. The van der Waals surface area contributed by atoms with Crippen molar-refractivity contribution in [2.45, 2.75) is 55.9 Å². The summed E-state index contributed by atoms with van der Waals surface area (Å²) in [5.41, 5.74) is -1.73. The van der Waals surface area contributed by atoms with Gasteiger partial charge < -0.3 is 24.6 Å². The maximum Gasteiger partial charge on any atom is 0.414 e. The van der Waals surface area contributed by atoms with Crippen molar-refractivity contribution < 1.29 is 31.8 Å². The molecule has 2 bridgehead atoms. The molecule has 0 spiro atoms. The van der Waals surface area contributed by atoms with Gasteiger partial charge in [-0.25, -0.2) is 22.9 Å². The molecule has 4 fully saturated rings. The molecule has 4 saturated heterocycles. The third-order valence-corrected chi connectivity index (χ3v) is 10.5. The lowest BCUT2D eigenvalue weighted by Crippen LogP contribution is -2.51. The van der Waals surface area contributed by atoms with Crippen molar-refractivity contribution >= 4 is 33.6 Å². The molecule has 4 atom stereocenters. The highest BCUT2D eigenvalue weighted by Crippen LogP contribution is 2.42. The van der Waals surface area contributed by atoms with Crippen LogP contribution in [0.4, 0.5) is 28.2 Å². The standard InChI is InChI=1S/C36H35F4N7O3/c1-4-24-26(38)9-6-19-12-23(50-35(48)45(2)3)13-25(27(19)24)30-29(39)31-28(32(40)42-30)33(46-16-21-7-8-22(17-46)41-21)44-34(43-31)49-18-36-10-5-11-47(36)15-20(37)14-36/h1,6,9,12-13,20-22,41H,5,7-8,10-11,14-18H2,2-3H3/t20-,21?,22?,36+/m1/s1. The van der Waals surface area contributed by atoms with Gasteiger partial charge in [0.1, 0.15) is 46.8 Å². The van der Waals surface area contributed by atoms with E-state index in [0.29, 0.717) is 31.4 Å². The fourth-order valence-electron chi connectivity index (χ4n) is 8.17. The van der Waals surface area contributed by atoms with E-state index in [2.05, 4.69) is 31.1 Å². The number of hydrogen-bond donors (Lipinski definition) is 1. The Morgan fingerprint density at radius 3 is 2.62 bits per heavy atom. The number of carbonyl (C=O) groups excluding carboxylic acids is 1. The predicted octanol–water partition coefficient (Wildman–Crippen LogP) is 5.20. The Bertz CT molecular complexity index is 2080. The molecule has 4 aliphatic heterocycles. The predicted molar refractivity (Wildman–Crippen MR) is 178 cm³/mol. The van der Waals surface area contributed by atoms with Crippen LogP contribution in [0.15, 0.2) is 24.3 Å². The smallest absolute Gasteiger partial charge is 0.414 e. The molecule has 1 N–H and O–H groups in total. The highest BCUT2D eigenvalue weighted by Gasteiger charge is 2.49. The number of nitrogens with zero attached hydrogens (tertiary/aromatic N) is 6. The summed E-state index contributed by atoms with van der Waals surface area (Å²) in [5.74, 6) is -0.394. The number of amides is 1. The number of aromatic nitrogens is 3. The molecule has 4 aromatic rings. The fourth-order valence-corrected chi connectivity index (χ4v) is 8.17. The first-order valence-corrected chi connectivity index (χ1v) is 16.8. The Labute approximate surface area is 285 Å². The molecule has 260 valence electrons. The summed E-state index contributed by atoms with van der Waals surface area (Å²) >= 11 is 0. The lowest BCUT2D eigenvalue weighted by atomic mass is 9.95. The van der Waals surface area contributed by atoms with Crippen molar-refractivity contribution in [1.29, 1.82) is 0 Å². The van der Waals surface area contributed by atoms with Crippen LogP contribution in [-0.2, 0) is 0 Å². The van der Waals surface area contributed by atoms with Gasteiger partial charge in [-0.3, -0.25) is 4.90 Å². The molecular formula is C36H35F4N7O3. The summed E-state index contributed by atoms with van der Waals surface area (Å²) < 4.78 is 74.9. The van der Waals surface area contributed by atoms with Crippen LogP contribution in [0, 0.1) is 29.9 Å². The van der Waals surface area contributed by atoms with Crippen LogP contribution in [-0.4, -0.2) is 102 Å². The number of hydrogen-bond acceptors (Lipinski definition) is 9. The molecule has 2 aromatic heterocycles. The summed E-state index contributed by atoms with van der Waals surface area (Å²) in [6.07, 6.45) is 7.82. The first kappa shape index (κ1) is 32.5. The van der Waals surface area contributed by atoms with Gasteiger partial charge in [0.2, 0.25) is 5.95 Å². The lowest BCUT2D eigenvalue weighted by Gasteiger charge is -2.34. The van der Waals surface area contributed by atoms with Gasteiger partial charge in [-0.1, -0.05) is 12.0 Å². The first-order valence-electron chi connectivity index (χ1n) is 16.8. The molecule has 14 heteroatoms. The summed E-state index contributed by atoms with van der Waals surface area (Å²) in [6.45, 7) is 2.16. The zero-order valence-electron chi connectivity index (χ0n) is 27.6. The summed E-state index contributed by atoms with van der Waals surface area (Å²) in [7, 11) is 2.98. The molecular weight excluding hydrogens is 654 g/mol. The maximum absolute atomic E-state index is 17.1. The van der Waals surface area contributed by atoms with E-state index in [1.165, 1.54) is 37.2 Å².